The third-order valence-electron chi connectivity index (χ3n) is 4.18. The fourth-order valence-corrected chi connectivity index (χ4v) is 2.92. The number of aromatic hydroxyl groups is 1. The molecule has 4 nitrogen and oxygen atoms in total. The first-order valence-electron chi connectivity index (χ1n) is 8.21. The molecule has 25 heavy (non-hydrogen) atoms. The maximum absolute atomic E-state index is 10.9. The Morgan fingerprint density at radius 2 is 1.68 bits per heavy atom. The van der Waals surface area contributed by atoms with Gasteiger partial charge in [-0.15, -0.1) is 0 Å². The number of aliphatic carboxylic acids is 1. The van der Waals surface area contributed by atoms with E-state index in [1.807, 2.05) is 60.7 Å². The van der Waals surface area contributed by atoms with E-state index in [1.165, 1.54) is 0 Å². The second-order valence-electron chi connectivity index (χ2n) is 5.96. The molecular weight excluding hydrogens is 316 g/mol. The first-order chi connectivity index (χ1) is 12.1. The Hall–Kier alpha value is -2.85. The molecule has 0 fully saturated rings. The molecule has 2 N–H and O–H groups in total. The molecule has 0 bridgehead atoms. The summed E-state index contributed by atoms with van der Waals surface area (Å²) in [5.41, 5.74) is 2.54. The van der Waals surface area contributed by atoms with E-state index in [9.17, 15) is 9.90 Å². The standard InChI is InChI=1S/C21H20O4/c22-20(23)11-10-19-17(14-25-13-15-6-2-1-3-7-15)12-16-8-4-5-9-18(16)21(19)24/h1-9,12,24H,10-11,13-14H2,(H,22,23). The molecule has 3 rings (SSSR count). The zero-order valence-corrected chi connectivity index (χ0v) is 13.8. The first-order valence-corrected chi connectivity index (χ1v) is 8.21. The molecule has 0 saturated carbocycles. The smallest absolute Gasteiger partial charge is 0.303 e. The Bertz CT molecular complexity index is 872. The van der Waals surface area contributed by atoms with Gasteiger partial charge in [0.1, 0.15) is 5.75 Å². The molecule has 0 amide bonds. The lowest BCUT2D eigenvalue weighted by Gasteiger charge is -2.14. The minimum absolute atomic E-state index is 0.0302. The van der Waals surface area contributed by atoms with Gasteiger partial charge in [0, 0.05) is 17.4 Å². The summed E-state index contributed by atoms with van der Waals surface area (Å²) in [7, 11) is 0. The van der Waals surface area contributed by atoms with E-state index in [1.54, 1.807) is 0 Å². The lowest BCUT2D eigenvalue weighted by atomic mass is 9.96. The highest BCUT2D eigenvalue weighted by Gasteiger charge is 2.14. The molecule has 4 heteroatoms. The quantitative estimate of drug-likeness (QED) is 0.676. The number of benzene rings is 3. The molecular formula is C21H20O4. The molecule has 3 aromatic carbocycles. The Morgan fingerprint density at radius 1 is 0.960 bits per heavy atom. The zero-order chi connectivity index (χ0) is 17.6. The Balaban J connectivity index is 1.85. The van der Waals surface area contributed by atoms with Crippen LogP contribution in [-0.4, -0.2) is 16.2 Å². The zero-order valence-electron chi connectivity index (χ0n) is 13.8. The van der Waals surface area contributed by atoms with Crippen molar-refractivity contribution in [2.75, 3.05) is 0 Å². The van der Waals surface area contributed by atoms with Gasteiger partial charge in [-0.2, -0.15) is 0 Å². The number of carboxylic acid groups (broad SMARTS) is 1. The van der Waals surface area contributed by atoms with Gasteiger partial charge >= 0.3 is 5.97 Å². The molecule has 0 atom stereocenters. The molecule has 0 aliphatic carbocycles. The van der Waals surface area contributed by atoms with E-state index < -0.39 is 5.97 Å². The minimum atomic E-state index is -0.885. The molecule has 0 spiro atoms. The maximum atomic E-state index is 10.9. The number of hydrogen-bond acceptors (Lipinski definition) is 3. The van der Waals surface area contributed by atoms with Crippen molar-refractivity contribution in [1.82, 2.24) is 0 Å². The van der Waals surface area contributed by atoms with Crippen LogP contribution in [-0.2, 0) is 29.2 Å². The number of carbonyl (C=O) groups is 1. The summed E-state index contributed by atoms with van der Waals surface area (Å²) < 4.78 is 5.80. The molecule has 0 aliphatic rings. The van der Waals surface area contributed by atoms with E-state index in [4.69, 9.17) is 9.84 Å². The second kappa shape index (κ2) is 7.81. The Labute approximate surface area is 146 Å². The van der Waals surface area contributed by atoms with Crippen molar-refractivity contribution >= 4 is 16.7 Å². The van der Waals surface area contributed by atoms with Crippen LogP contribution in [0.25, 0.3) is 10.8 Å². The SMILES string of the molecule is O=C(O)CCc1c(COCc2ccccc2)cc2ccccc2c1O. The van der Waals surface area contributed by atoms with Gasteiger partial charge in [-0.05, 0) is 29.0 Å². The van der Waals surface area contributed by atoms with Crippen LogP contribution >= 0.6 is 0 Å². The monoisotopic (exact) mass is 336 g/mol. The number of hydrogen-bond donors (Lipinski definition) is 2. The highest BCUT2D eigenvalue weighted by atomic mass is 16.5. The van der Waals surface area contributed by atoms with Gasteiger partial charge in [-0.1, -0.05) is 54.6 Å². The summed E-state index contributed by atoms with van der Waals surface area (Å²) in [5, 5.41) is 21.2. The highest BCUT2D eigenvalue weighted by molar-refractivity contribution is 5.90. The van der Waals surface area contributed by atoms with Crippen LogP contribution in [0.1, 0.15) is 23.1 Å². The van der Waals surface area contributed by atoms with Crippen LogP contribution in [0.3, 0.4) is 0 Å². The van der Waals surface area contributed by atoms with Gasteiger partial charge in [0.15, 0.2) is 0 Å². The number of phenols is 1. The van der Waals surface area contributed by atoms with E-state index in [0.717, 1.165) is 21.9 Å². The fraction of sp³-hybridized carbons (Fsp3) is 0.190. The van der Waals surface area contributed by atoms with Crippen molar-refractivity contribution in [1.29, 1.82) is 0 Å². The summed E-state index contributed by atoms with van der Waals surface area (Å²) in [6.07, 6.45) is 0.244. The van der Waals surface area contributed by atoms with Crippen molar-refractivity contribution in [2.24, 2.45) is 0 Å². The first kappa shape index (κ1) is 17.0. The van der Waals surface area contributed by atoms with Crippen LogP contribution in [0.15, 0.2) is 60.7 Å². The van der Waals surface area contributed by atoms with Crippen molar-refractivity contribution in [2.45, 2.75) is 26.1 Å². The third-order valence-corrected chi connectivity index (χ3v) is 4.18. The highest BCUT2D eigenvalue weighted by Crippen LogP contribution is 2.33. The predicted molar refractivity (Wildman–Crippen MR) is 96.5 cm³/mol. The molecule has 0 aliphatic heterocycles. The van der Waals surface area contributed by atoms with Crippen molar-refractivity contribution in [3.05, 3.63) is 77.4 Å². The van der Waals surface area contributed by atoms with Crippen LogP contribution in [0, 0.1) is 0 Å². The van der Waals surface area contributed by atoms with Gasteiger partial charge in [0.25, 0.3) is 0 Å². The largest absolute Gasteiger partial charge is 0.507 e. The lowest BCUT2D eigenvalue weighted by molar-refractivity contribution is -0.136. The summed E-state index contributed by atoms with van der Waals surface area (Å²) in [6.45, 7) is 0.787. The topological polar surface area (TPSA) is 66.8 Å². The van der Waals surface area contributed by atoms with E-state index >= 15 is 0 Å². The van der Waals surface area contributed by atoms with Gasteiger partial charge in [0.2, 0.25) is 0 Å². The van der Waals surface area contributed by atoms with Crippen LogP contribution in [0.4, 0.5) is 0 Å². The maximum Gasteiger partial charge on any atom is 0.303 e. The third kappa shape index (κ3) is 4.17. The lowest BCUT2D eigenvalue weighted by Crippen LogP contribution is -2.03. The number of rotatable bonds is 7. The van der Waals surface area contributed by atoms with E-state index in [0.29, 0.717) is 18.8 Å². The number of ether oxygens (including phenoxy) is 1. The van der Waals surface area contributed by atoms with Crippen LogP contribution in [0.2, 0.25) is 0 Å². The van der Waals surface area contributed by atoms with Gasteiger partial charge in [-0.25, -0.2) is 0 Å². The average Bonchev–Trinajstić information content (AvgIpc) is 2.62. The van der Waals surface area contributed by atoms with Crippen molar-refractivity contribution in [3.63, 3.8) is 0 Å². The van der Waals surface area contributed by atoms with E-state index in [-0.39, 0.29) is 18.6 Å². The molecule has 0 aromatic heterocycles. The minimum Gasteiger partial charge on any atom is -0.507 e. The Kier molecular flexibility index (Phi) is 5.31. The normalized spacial score (nSPS) is 10.9. The summed E-state index contributed by atoms with van der Waals surface area (Å²) >= 11 is 0. The molecule has 0 unspecified atom stereocenters. The van der Waals surface area contributed by atoms with Gasteiger partial charge in [0.05, 0.1) is 13.2 Å². The summed E-state index contributed by atoms with van der Waals surface area (Å²) in [6, 6.07) is 19.3. The van der Waals surface area contributed by atoms with Crippen molar-refractivity contribution < 1.29 is 19.7 Å². The van der Waals surface area contributed by atoms with Crippen LogP contribution < -0.4 is 0 Å². The molecule has 0 heterocycles. The van der Waals surface area contributed by atoms with E-state index in [2.05, 4.69) is 0 Å². The van der Waals surface area contributed by atoms with Gasteiger partial charge in [-0.3, -0.25) is 4.79 Å². The molecule has 3 aromatic rings. The average molecular weight is 336 g/mol. The summed E-state index contributed by atoms with van der Waals surface area (Å²) in [5.74, 6) is -0.735. The number of fused-ring (bicyclic) bond motifs is 1. The summed E-state index contributed by atoms with van der Waals surface area (Å²) in [4.78, 5) is 10.9. The molecule has 128 valence electrons. The van der Waals surface area contributed by atoms with Gasteiger partial charge < -0.3 is 14.9 Å². The number of phenolic OH excluding ortho intramolecular Hbond substituents is 1. The van der Waals surface area contributed by atoms with Crippen LogP contribution in [0.5, 0.6) is 5.75 Å². The van der Waals surface area contributed by atoms with Crippen molar-refractivity contribution in [3.8, 4) is 5.75 Å². The predicted octanol–water partition coefficient (Wildman–Crippen LogP) is 4.28. The number of carboxylic acids is 1. The molecule has 0 radical (unpaired) electrons. The Morgan fingerprint density at radius 3 is 2.44 bits per heavy atom. The molecule has 0 saturated heterocycles. The fourth-order valence-electron chi connectivity index (χ4n) is 2.92. The second-order valence-corrected chi connectivity index (χ2v) is 5.96.